The molecule has 0 amide bonds. The molecule has 1 heterocycles. The minimum Gasteiger partial charge on any atom is -0.318 e. The highest BCUT2D eigenvalue weighted by Gasteiger charge is 2.20. The number of hydrogen-bond acceptors (Lipinski definition) is 2. The Kier molecular flexibility index (Phi) is 4.88. The lowest BCUT2D eigenvalue weighted by atomic mass is 10.0. The molecule has 0 aliphatic carbocycles. The molecule has 74 valence electrons. The molecule has 13 heavy (non-hydrogen) atoms. The first-order chi connectivity index (χ1) is 6.38. The van der Waals surface area contributed by atoms with Gasteiger partial charge in [0.25, 0.3) is 0 Å². The Morgan fingerprint density at radius 2 is 2.38 bits per heavy atom. The maximum Gasteiger partial charge on any atom is 0.0220 e. The van der Waals surface area contributed by atoms with E-state index in [1.807, 2.05) is 7.05 Å². The zero-order valence-electron chi connectivity index (χ0n) is 8.55. The average Bonchev–Trinajstić information content (AvgIpc) is 2.17. The summed E-state index contributed by atoms with van der Waals surface area (Å²) in [4.78, 5) is 2.53. The van der Waals surface area contributed by atoms with Crippen LogP contribution in [0.1, 0.15) is 25.7 Å². The second-order valence-electron chi connectivity index (χ2n) is 3.70. The fraction of sp³-hybridized carbons (Fsp3) is 0.818. The van der Waals surface area contributed by atoms with E-state index in [0.717, 1.165) is 19.5 Å². The molecule has 1 N–H and O–H groups in total. The van der Waals surface area contributed by atoms with Gasteiger partial charge in [-0.25, -0.2) is 0 Å². The van der Waals surface area contributed by atoms with Gasteiger partial charge >= 0.3 is 0 Å². The summed E-state index contributed by atoms with van der Waals surface area (Å²) in [6, 6.07) is 0.715. The van der Waals surface area contributed by atoms with E-state index >= 15 is 0 Å². The highest BCUT2D eigenvalue weighted by molar-refractivity contribution is 4.87. The van der Waals surface area contributed by atoms with Gasteiger partial charge in [0.15, 0.2) is 0 Å². The first-order valence-corrected chi connectivity index (χ1v) is 5.20. The summed E-state index contributed by atoms with van der Waals surface area (Å²) in [6.07, 6.45) is 10.2. The largest absolute Gasteiger partial charge is 0.318 e. The average molecular weight is 180 g/mol. The van der Waals surface area contributed by atoms with Crippen molar-refractivity contribution < 1.29 is 0 Å². The van der Waals surface area contributed by atoms with Crippen molar-refractivity contribution in [2.75, 3.05) is 26.7 Å². The maximum atomic E-state index is 5.27. The predicted octanol–water partition coefficient (Wildman–Crippen LogP) is 1.08. The zero-order valence-corrected chi connectivity index (χ0v) is 8.55. The molecule has 1 aliphatic heterocycles. The van der Waals surface area contributed by atoms with Crippen molar-refractivity contribution in [3.05, 3.63) is 0 Å². The molecule has 2 heteroatoms. The van der Waals surface area contributed by atoms with Gasteiger partial charge in [-0.2, -0.15) is 0 Å². The Morgan fingerprint density at radius 3 is 3.08 bits per heavy atom. The normalized spacial score (nSPS) is 24.2. The van der Waals surface area contributed by atoms with Crippen molar-refractivity contribution in [2.45, 2.75) is 31.7 Å². The number of hydrogen-bond donors (Lipinski definition) is 1. The first-order valence-electron chi connectivity index (χ1n) is 5.20. The van der Waals surface area contributed by atoms with Crippen LogP contribution in [0.2, 0.25) is 0 Å². The SMILES string of the molecule is C#CCCN1CCCCC1CNC. The number of rotatable bonds is 4. The summed E-state index contributed by atoms with van der Waals surface area (Å²) in [5.74, 6) is 2.72. The maximum absolute atomic E-state index is 5.27. The van der Waals surface area contributed by atoms with Crippen LogP contribution >= 0.6 is 0 Å². The van der Waals surface area contributed by atoms with Crippen LogP contribution in [0.25, 0.3) is 0 Å². The quantitative estimate of drug-likeness (QED) is 0.651. The molecule has 1 aliphatic rings. The van der Waals surface area contributed by atoms with Crippen LogP contribution in [-0.2, 0) is 0 Å². The third kappa shape index (κ3) is 3.38. The number of terminal acetylenes is 1. The van der Waals surface area contributed by atoms with E-state index < -0.39 is 0 Å². The van der Waals surface area contributed by atoms with E-state index in [9.17, 15) is 0 Å². The van der Waals surface area contributed by atoms with Crippen molar-refractivity contribution in [1.82, 2.24) is 10.2 Å². The summed E-state index contributed by atoms with van der Waals surface area (Å²) in [5, 5.41) is 3.25. The van der Waals surface area contributed by atoms with Crippen LogP contribution in [0.5, 0.6) is 0 Å². The van der Waals surface area contributed by atoms with Gasteiger partial charge in [-0.1, -0.05) is 6.42 Å². The minimum atomic E-state index is 0.715. The van der Waals surface area contributed by atoms with Crippen LogP contribution in [0.15, 0.2) is 0 Å². The molecule has 0 radical (unpaired) electrons. The summed E-state index contributed by atoms with van der Waals surface area (Å²) < 4.78 is 0. The third-order valence-corrected chi connectivity index (χ3v) is 2.73. The monoisotopic (exact) mass is 180 g/mol. The van der Waals surface area contributed by atoms with Gasteiger partial charge in [0.1, 0.15) is 0 Å². The van der Waals surface area contributed by atoms with Crippen LogP contribution < -0.4 is 5.32 Å². The van der Waals surface area contributed by atoms with Gasteiger partial charge in [0, 0.05) is 25.6 Å². The molecular formula is C11H20N2. The zero-order chi connectivity index (χ0) is 9.52. The van der Waals surface area contributed by atoms with E-state index in [0.29, 0.717) is 6.04 Å². The molecule has 0 spiro atoms. The predicted molar refractivity (Wildman–Crippen MR) is 56.6 cm³/mol. The Balaban J connectivity index is 2.33. The van der Waals surface area contributed by atoms with E-state index in [1.54, 1.807) is 0 Å². The molecule has 0 bridgehead atoms. The van der Waals surface area contributed by atoms with Crippen molar-refractivity contribution in [3.8, 4) is 12.3 Å². The van der Waals surface area contributed by atoms with Gasteiger partial charge in [0.05, 0.1) is 0 Å². The number of likely N-dealkylation sites (tertiary alicyclic amines) is 1. The van der Waals surface area contributed by atoms with E-state index in [4.69, 9.17) is 6.42 Å². The number of nitrogens with one attached hydrogen (secondary N) is 1. The Hall–Kier alpha value is -0.520. The molecule has 2 nitrogen and oxygen atoms in total. The highest BCUT2D eigenvalue weighted by atomic mass is 15.2. The molecule has 0 aromatic rings. The molecule has 1 rings (SSSR count). The molecule has 1 fully saturated rings. The van der Waals surface area contributed by atoms with E-state index in [1.165, 1.54) is 25.8 Å². The van der Waals surface area contributed by atoms with Gasteiger partial charge in [-0.3, -0.25) is 4.90 Å². The van der Waals surface area contributed by atoms with Crippen molar-refractivity contribution in [3.63, 3.8) is 0 Å². The Bertz CT molecular complexity index is 169. The standard InChI is InChI=1S/C11H20N2/c1-3-4-8-13-9-6-5-7-11(13)10-12-2/h1,11-12H,4-10H2,2H3. The van der Waals surface area contributed by atoms with Crippen LogP contribution in [-0.4, -0.2) is 37.6 Å². The lowest BCUT2D eigenvalue weighted by Crippen LogP contribution is -2.45. The fourth-order valence-corrected chi connectivity index (χ4v) is 2.03. The topological polar surface area (TPSA) is 15.3 Å². The summed E-state index contributed by atoms with van der Waals surface area (Å²) in [7, 11) is 2.02. The molecule has 1 saturated heterocycles. The smallest absolute Gasteiger partial charge is 0.0220 e. The third-order valence-electron chi connectivity index (χ3n) is 2.73. The summed E-state index contributed by atoms with van der Waals surface area (Å²) in [6.45, 7) is 3.40. The van der Waals surface area contributed by atoms with Gasteiger partial charge in [-0.15, -0.1) is 12.3 Å². The summed E-state index contributed by atoms with van der Waals surface area (Å²) >= 11 is 0. The molecule has 1 atom stereocenters. The van der Waals surface area contributed by atoms with E-state index in [2.05, 4.69) is 16.1 Å². The van der Waals surface area contributed by atoms with Gasteiger partial charge in [-0.05, 0) is 26.4 Å². The minimum absolute atomic E-state index is 0.715. The number of piperidine rings is 1. The molecular weight excluding hydrogens is 160 g/mol. The van der Waals surface area contributed by atoms with Crippen LogP contribution in [0.4, 0.5) is 0 Å². The second kappa shape index (κ2) is 6.01. The van der Waals surface area contributed by atoms with Gasteiger partial charge < -0.3 is 5.32 Å². The first kappa shape index (κ1) is 10.6. The second-order valence-corrected chi connectivity index (χ2v) is 3.70. The molecule has 0 aromatic carbocycles. The molecule has 0 saturated carbocycles. The van der Waals surface area contributed by atoms with Crippen molar-refractivity contribution in [1.29, 1.82) is 0 Å². The number of nitrogens with zero attached hydrogens (tertiary/aromatic N) is 1. The Morgan fingerprint density at radius 1 is 1.54 bits per heavy atom. The highest BCUT2D eigenvalue weighted by Crippen LogP contribution is 2.16. The molecule has 0 aromatic heterocycles. The fourth-order valence-electron chi connectivity index (χ4n) is 2.03. The van der Waals surface area contributed by atoms with Crippen molar-refractivity contribution in [2.24, 2.45) is 0 Å². The lowest BCUT2D eigenvalue weighted by molar-refractivity contribution is 0.151. The molecule has 1 unspecified atom stereocenters. The van der Waals surface area contributed by atoms with Crippen LogP contribution in [0.3, 0.4) is 0 Å². The van der Waals surface area contributed by atoms with Crippen LogP contribution in [0, 0.1) is 12.3 Å². The van der Waals surface area contributed by atoms with E-state index in [-0.39, 0.29) is 0 Å². The Labute approximate surface area is 81.7 Å². The number of likely N-dealkylation sites (N-methyl/N-ethyl adjacent to an activating group) is 1. The summed E-state index contributed by atoms with van der Waals surface area (Å²) in [5.41, 5.74) is 0. The van der Waals surface area contributed by atoms with Gasteiger partial charge in [0.2, 0.25) is 0 Å². The van der Waals surface area contributed by atoms with Crippen molar-refractivity contribution >= 4 is 0 Å². The lowest BCUT2D eigenvalue weighted by Gasteiger charge is -2.35.